The lowest BCUT2D eigenvalue weighted by atomic mass is 10.2. The number of alkyl halides is 3. The molecule has 1 heterocycles. The highest BCUT2D eigenvalue weighted by Crippen LogP contribution is 2.29. The third kappa shape index (κ3) is 4.64. The molecule has 1 aromatic heterocycles. The highest BCUT2D eigenvalue weighted by Gasteiger charge is 2.34. The second-order valence-electron chi connectivity index (χ2n) is 4.59. The van der Waals surface area contributed by atoms with E-state index >= 15 is 0 Å². The van der Waals surface area contributed by atoms with Gasteiger partial charge in [0.05, 0.1) is 12.8 Å². The summed E-state index contributed by atoms with van der Waals surface area (Å²) in [5, 5.41) is 6.91. The minimum Gasteiger partial charge on any atom is -0.497 e. The van der Waals surface area contributed by atoms with E-state index < -0.39 is 11.9 Å². The van der Waals surface area contributed by atoms with Gasteiger partial charge in [0.15, 0.2) is 0 Å². The fourth-order valence-corrected chi connectivity index (χ4v) is 1.96. The number of aromatic nitrogens is 2. The summed E-state index contributed by atoms with van der Waals surface area (Å²) in [6, 6.07) is 8.51. The first kappa shape index (κ1) is 18.3. The molecule has 0 amide bonds. The molecule has 8 heteroatoms. The Balaban J connectivity index is 0.00000242. The Morgan fingerprint density at radius 1 is 1.18 bits per heavy atom. The molecule has 0 unspecified atom stereocenters. The largest absolute Gasteiger partial charge is 0.497 e. The summed E-state index contributed by atoms with van der Waals surface area (Å²) in [5.74, 6) is 0.762. The molecule has 2 aromatic rings. The van der Waals surface area contributed by atoms with Crippen LogP contribution in [0.1, 0.15) is 17.0 Å². The van der Waals surface area contributed by atoms with Gasteiger partial charge in [0.25, 0.3) is 0 Å². The number of nitrogens with one attached hydrogen (secondary N) is 1. The van der Waals surface area contributed by atoms with Crippen LogP contribution >= 0.6 is 12.4 Å². The Bertz CT molecular complexity index is 596. The minimum atomic E-state index is -4.38. The fraction of sp³-hybridized carbons (Fsp3) is 0.357. The molecule has 0 bridgehead atoms. The van der Waals surface area contributed by atoms with Gasteiger partial charge in [0.2, 0.25) is 0 Å². The van der Waals surface area contributed by atoms with E-state index in [4.69, 9.17) is 4.74 Å². The summed E-state index contributed by atoms with van der Waals surface area (Å²) in [5.41, 5.74) is 0.630. The monoisotopic (exact) mass is 335 g/mol. The Hall–Kier alpha value is -1.73. The highest BCUT2D eigenvalue weighted by molar-refractivity contribution is 5.85. The molecule has 0 aliphatic heterocycles. The van der Waals surface area contributed by atoms with Crippen LogP contribution in [0.3, 0.4) is 0 Å². The van der Waals surface area contributed by atoms with Gasteiger partial charge < -0.3 is 10.1 Å². The molecule has 0 aliphatic carbocycles. The van der Waals surface area contributed by atoms with Crippen LogP contribution in [0.4, 0.5) is 13.2 Å². The molecule has 1 N–H and O–H groups in total. The first-order valence-electron chi connectivity index (χ1n) is 6.34. The number of hydrogen-bond donors (Lipinski definition) is 1. The molecule has 2 rings (SSSR count). The molecule has 1 aromatic carbocycles. The molecule has 0 saturated carbocycles. The van der Waals surface area contributed by atoms with Gasteiger partial charge in [0, 0.05) is 20.1 Å². The van der Waals surface area contributed by atoms with Crippen molar-refractivity contribution in [1.82, 2.24) is 15.1 Å². The van der Waals surface area contributed by atoms with Crippen molar-refractivity contribution in [3.8, 4) is 5.75 Å². The van der Waals surface area contributed by atoms with Gasteiger partial charge in [-0.15, -0.1) is 12.4 Å². The molecular weight excluding hydrogens is 319 g/mol. The predicted octanol–water partition coefficient (Wildman–Crippen LogP) is 3.16. The van der Waals surface area contributed by atoms with Crippen LogP contribution in [0.2, 0.25) is 0 Å². The summed E-state index contributed by atoms with van der Waals surface area (Å²) in [6.07, 6.45) is -4.38. The zero-order valence-corrected chi connectivity index (χ0v) is 13.0. The molecule has 4 nitrogen and oxygen atoms in total. The number of methoxy groups -OCH3 is 1. The number of halogens is 4. The number of rotatable bonds is 5. The summed E-state index contributed by atoms with van der Waals surface area (Å²) in [7, 11) is 2.88. The van der Waals surface area contributed by atoms with E-state index in [0.29, 0.717) is 12.2 Å². The highest BCUT2D eigenvalue weighted by atomic mass is 35.5. The average molecular weight is 336 g/mol. The maximum absolute atomic E-state index is 12.6. The molecule has 0 fully saturated rings. The van der Waals surface area contributed by atoms with Crippen molar-refractivity contribution in [2.45, 2.75) is 19.3 Å². The standard InChI is InChI=1S/C14H16F3N3O.ClH/c1-20-13(14(15,16)17)7-11(19-20)9-18-8-10-3-5-12(21-2)6-4-10;/h3-7,18H,8-9H2,1-2H3;1H. The third-order valence-corrected chi connectivity index (χ3v) is 3.02. The van der Waals surface area contributed by atoms with Crippen LogP contribution in [0.25, 0.3) is 0 Å². The summed E-state index contributed by atoms with van der Waals surface area (Å²) < 4.78 is 43.8. The van der Waals surface area contributed by atoms with E-state index in [1.807, 2.05) is 24.3 Å². The summed E-state index contributed by atoms with van der Waals surface area (Å²) in [6.45, 7) is 0.817. The Morgan fingerprint density at radius 3 is 2.32 bits per heavy atom. The lowest BCUT2D eigenvalue weighted by molar-refractivity contribution is -0.143. The van der Waals surface area contributed by atoms with Crippen LogP contribution in [0.15, 0.2) is 30.3 Å². The van der Waals surface area contributed by atoms with Crippen LogP contribution in [-0.2, 0) is 26.3 Å². The lowest BCUT2D eigenvalue weighted by Gasteiger charge is -2.04. The number of hydrogen-bond acceptors (Lipinski definition) is 3. The molecular formula is C14H17ClF3N3O. The van der Waals surface area contributed by atoms with Gasteiger partial charge in [-0.25, -0.2) is 0 Å². The van der Waals surface area contributed by atoms with Crippen LogP contribution in [0, 0.1) is 0 Å². The fourth-order valence-electron chi connectivity index (χ4n) is 1.96. The van der Waals surface area contributed by atoms with Crippen molar-refractivity contribution in [1.29, 1.82) is 0 Å². The number of aryl methyl sites for hydroxylation is 1. The second kappa shape index (κ2) is 7.51. The lowest BCUT2D eigenvalue weighted by Crippen LogP contribution is -2.13. The zero-order chi connectivity index (χ0) is 15.5. The smallest absolute Gasteiger partial charge is 0.433 e. The van der Waals surface area contributed by atoms with Crippen molar-refractivity contribution in [3.05, 3.63) is 47.3 Å². The maximum Gasteiger partial charge on any atom is 0.433 e. The van der Waals surface area contributed by atoms with E-state index in [2.05, 4.69) is 10.4 Å². The average Bonchev–Trinajstić information content (AvgIpc) is 2.81. The number of nitrogens with zero attached hydrogens (tertiary/aromatic N) is 2. The molecule has 0 spiro atoms. The summed E-state index contributed by atoms with van der Waals surface area (Å²) in [4.78, 5) is 0. The van der Waals surface area contributed by atoms with Crippen LogP contribution in [-0.4, -0.2) is 16.9 Å². The maximum atomic E-state index is 12.6. The number of ether oxygens (including phenoxy) is 1. The molecule has 22 heavy (non-hydrogen) atoms. The Morgan fingerprint density at radius 2 is 1.82 bits per heavy atom. The van der Waals surface area contributed by atoms with Crippen molar-refractivity contribution in [3.63, 3.8) is 0 Å². The second-order valence-corrected chi connectivity index (χ2v) is 4.59. The van der Waals surface area contributed by atoms with Gasteiger partial charge in [-0.3, -0.25) is 4.68 Å². The molecule has 0 atom stereocenters. The van der Waals surface area contributed by atoms with Crippen LogP contribution in [0.5, 0.6) is 5.75 Å². The van der Waals surface area contributed by atoms with Gasteiger partial charge in [-0.05, 0) is 23.8 Å². The normalized spacial score (nSPS) is 11.1. The van der Waals surface area contributed by atoms with Crippen molar-refractivity contribution >= 4 is 12.4 Å². The van der Waals surface area contributed by atoms with E-state index in [-0.39, 0.29) is 19.0 Å². The van der Waals surface area contributed by atoms with Gasteiger partial charge in [0.1, 0.15) is 11.4 Å². The first-order chi connectivity index (χ1) is 9.90. The van der Waals surface area contributed by atoms with Gasteiger partial charge in [-0.2, -0.15) is 18.3 Å². The van der Waals surface area contributed by atoms with E-state index in [9.17, 15) is 13.2 Å². The van der Waals surface area contributed by atoms with Crippen LogP contribution < -0.4 is 10.1 Å². The quantitative estimate of drug-likeness (QED) is 0.912. The minimum absolute atomic E-state index is 0. The zero-order valence-electron chi connectivity index (χ0n) is 12.1. The van der Waals surface area contributed by atoms with E-state index in [1.54, 1.807) is 7.11 Å². The van der Waals surface area contributed by atoms with Crippen molar-refractivity contribution < 1.29 is 17.9 Å². The third-order valence-electron chi connectivity index (χ3n) is 3.02. The molecule has 0 radical (unpaired) electrons. The Labute approximate surface area is 132 Å². The molecule has 0 saturated heterocycles. The topological polar surface area (TPSA) is 39.1 Å². The van der Waals surface area contributed by atoms with Crippen molar-refractivity contribution in [2.24, 2.45) is 7.05 Å². The van der Waals surface area contributed by atoms with Gasteiger partial charge >= 0.3 is 6.18 Å². The number of benzene rings is 1. The van der Waals surface area contributed by atoms with E-state index in [0.717, 1.165) is 22.1 Å². The van der Waals surface area contributed by atoms with Crippen molar-refractivity contribution in [2.75, 3.05) is 7.11 Å². The first-order valence-corrected chi connectivity index (χ1v) is 6.34. The van der Waals surface area contributed by atoms with Gasteiger partial charge in [-0.1, -0.05) is 12.1 Å². The summed E-state index contributed by atoms with van der Waals surface area (Å²) >= 11 is 0. The Kier molecular flexibility index (Phi) is 6.25. The molecule has 0 aliphatic rings. The predicted molar refractivity (Wildman–Crippen MR) is 79.0 cm³/mol. The van der Waals surface area contributed by atoms with E-state index in [1.165, 1.54) is 7.05 Å². The molecule has 122 valence electrons. The SMILES string of the molecule is COc1ccc(CNCc2cc(C(F)(F)F)n(C)n2)cc1.Cl.